The van der Waals surface area contributed by atoms with Crippen LogP contribution in [0.15, 0.2) is 56.7 Å². The zero-order chi connectivity index (χ0) is 16.3. The van der Waals surface area contributed by atoms with E-state index in [0.717, 1.165) is 20.8 Å². The largest absolute Gasteiger partial charge is 0.319 e. The van der Waals surface area contributed by atoms with Crippen molar-refractivity contribution in [2.24, 2.45) is 0 Å². The predicted molar refractivity (Wildman–Crippen MR) is 90.2 cm³/mol. The van der Waals surface area contributed by atoms with Crippen LogP contribution in [0.4, 0.5) is 0 Å². The summed E-state index contributed by atoms with van der Waals surface area (Å²) < 4.78 is 2.58. The van der Waals surface area contributed by atoms with Crippen molar-refractivity contribution < 1.29 is 4.79 Å². The van der Waals surface area contributed by atoms with Gasteiger partial charge in [-0.25, -0.2) is 4.79 Å². The third-order valence-electron chi connectivity index (χ3n) is 4.15. The smallest absolute Gasteiger partial charge is 0.318 e. The van der Waals surface area contributed by atoms with E-state index in [9.17, 15) is 14.4 Å². The topological polar surface area (TPSA) is 61.1 Å². The second-order valence-electron chi connectivity index (χ2n) is 5.35. The molecule has 23 heavy (non-hydrogen) atoms. The lowest BCUT2D eigenvalue weighted by molar-refractivity contribution is 0.0952. The van der Waals surface area contributed by atoms with Gasteiger partial charge in [-0.3, -0.25) is 14.2 Å². The van der Waals surface area contributed by atoms with Crippen molar-refractivity contribution in [2.75, 3.05) is 0 Å². The molecule has 2 aromatic carbocycles. The monoisotopic (exact) mass is 366 g/mol. The Bertz CT molecular complexity index is 1120. The van der Waals surface area contributed by atoms with E-state index in [1.807, 2.05) is 24.3 Å². The number of hydrogen-bond acceptors (Lipinski definition) is 3. The van der Waals surface area contributed by atoms with Gasteiger partial charge in [0.15, 0.2) is 5.78 Å². The van der Waals surface area contributed by atoms with Crippen LogP contribution < -0.4 is 11.2 Å². The summed E-state index contributed by atoms with van der Waals surface area (Å²) in [5.74, 6) is -0.190. The number of nitrogens with zero attached hydrogens (tertiary/aromatic N) is 2. The Morgan fingerprint density at radius 3 is 2.61 bits per heavy atom. The molecule has 2 radical (unpaired) electrons. The minimum absolute atomic E-state index is 0.190. The molecule has 4 rings (SSSR count). The molecule has 0 amide bonds. The average molecular weight is 367 g/mol. The van der Waals surface area contributed by atoms with Gasteiger partial charge in [-0.05, 0) is 28.5 Å². The zero-order valence-corrected chi connectivity index (χ0v) is 13.3. The molecule has 110 valence electrons. The second-order valence-corrected chi connectivity index (χ2v) is 6.20. The van der Waals surface area contributed by atoms with Gasteiger partial charge in [-0.2, -0.15) is 0 Å². The van der Waals surface area contributed by atoms with E-state index < -0.39 is 17.3 Å². The maximum atomic E-state index is 12.8. The molecule has 0 bridgehead atoms. The van der Waals surface area contributed by atoms with Gasteiger partial charge in [0.2, 0.25) is 13.5 Å². The van der Waals surface area contributed by atoms with Crippen molar-refractivity contribution >= 4 is 40.5 Å². The Morgan fingerprint density at radius 2 is 1.83 bits per heavy atom. The predicted octanol–water partition coefficient (Wildman–Crippen LogP) is 1.64. The maximum Gasteiger partial charge on any atom is 0.318 e. The minimum atomic E-state index is -0.814. The van der Waals surface area contributed by atoms with Gasteiger partial charge in [-0.15, -0.1) is 0 Å². The van der Waals surface area contributed by atoms with Crippen LogP contribution in [0.25, 0.3) is 10.8 Å². The Hall–Kier alpha value is -2.41. The van der Waals surface area contributed by atoms with Crippen LogP contribution >= 0.6 is 15.9 Å². The molecule has 7 heteroatoms. The Labute approximate surface area is 139 Å². The minimum Gasteiger partial charge on any atom is -0.319 e. The summed E-state index contributed by atoms with van der Waals surface area (Å²) in [7, 11) is 5.47. The van der Waals surface area contributed by atoms with Gasteiger partial charge < -0.3 is 4.48 Å². The number of hydrogen-bond donors (Lipinski definition) is 0. The Kier molecular flexibility index (Phi) is 2.96. The number of benzene rings is 2. The third kappa shape index (κ3) is 1.83. The molecule has 0 saturated heterocycles. The first-order chi connectivity index (χ1) is 11.0. The molecule has 1 heterocycles. The molecule has 3 aromatic rings. The third-order valence-corrected chi connectivity index (χ3v) is 4.84. The van der Waals surface area contributed by atoms with Crippen LogP contribution in [0.1, 0.15) is 22.0 Å². The number of ketones is 1. The molecule has 0 aliphatic heterocycles. The first-order valence-electron chi connectivity index (χ1n) is 6.85. The highest BCUT2D eigenvalue weighted by Crippen LogP contribution is 2.40. The van der Waals surface area contributed by atoms with Gasteiger partial charge in [0, 0.05) is 22.3 Å². The van der Waals surface area contributed by atoms with Crippen LogP contribution in [0.3, 0.4) is 0 Å². The number of rotatable bonds is 1. The highest BCUT2D eigenvalue weighted by molar-refractivity contribution is 9.10. The number of Topliss-reactive ketones (excluding diaryl/α,β-unsaturated/α-hetero) is 1. The van der Waals surface area contributed by atoms with Gasteiger partial charge >= 0.3 is 5.69 Å². The second kappa shape index (κ2) is 4.79. The van der Waals surface area contributed by atoms with E-state index in [-0.39, 0.29) is 5.78 Å². The lowest BCUT2D eigenvalue weighted by atomic mass is 10.0. The standard InChI is InChI=1S/C16H8BBrN2O3/c17-20-12(21)6-7-19(16(20)23)14-9-3-1-2-8-11(18)5-4-10(13(8)9)15(14)22/h1-7,14H. The molecule has 0 N–H and O–H groups in total. The van der Waals surface area contributed by atoms with E-state index >= 15 is 0 Å². The van der Waals surface area contributed by atoms with E-state index in [0.29, 0.717) is 10.0 Å². The van der Waals surface area contributed by atoms with E-state index in [1.165, 1.54) is 16.8 Å². The molecular weight excluding hydrogens is 359 g/mol. The SMILES string of the molecule is [B]n1c(=O)ccn(C2C(=O)c3ccc(Br)c4cccc2c34)c1=O. The molecule has 5 nitrogen and oxygen atoms in total. The maximum absolute atomic E-state index is 12.8. The van der Waals surface area contributed by atoms with Gasteiger partial charge in [-0.1, -0.05) is 34.1 Å². The zero-order valence-electron chi connectivity index (χ0n) is 11.7. The number of carbonyl (C=O) groups excluding carboxylic acids is 1. The first-order valence-corrected chi connectivity index (χ1v) is 7.64. The molecule has 1 aliphatic rings. The summed E-state index contributed by atoms with van der Waals surface area (Å²) in [6, 6.07) is 9.47. The summed E-state index contributed by atoms with van der Waals surface area (Å²) in [6.45, 7) is 0. The van der Waals surface area contributed by atoms with Crippen molar-refractivity contribution in [3.63, 3.8) is 0 Å². The summed E-state index contributed by atoms with van der Waals surface area (Å²) in [6.07, 6.45) is 1.32. The fourth-order valence-electron chi connectivity index (χ4n) is 3.10. The highest BCUT2D eigenvalue weighted by Gasteiger charge is 2.35. The normalized spacial score (nSPS) is 16.2. The molecule has 1 atom stereocenters. The lowest BCUT2D eigenvalue weighted by Gasteiger charge is -2.15. The van der Waals surface area contributed by atoms with Crippen molar-refractivity contribution in [2.45, 2.75) is 6.04 Å². The Morgan fingerprint density at radius 1 is 1.04 bits per heavy atom. The molecule has 1 aromatic heterocycles. The van der Waals surface area contributed by atoms with E-state index in [2.05, 4.69) is 15.9 Å². The van der Waals surface area contributed by atoms with E-state index in [1.54, 1.807) is 6.07 Å². The first kappa shape index (κ1) is 14.2. The van der Waals surface area contributed by atoms with Crippen molar-refractivity contribution in [1.82, 2.24) is 9.05 Å². The van der Waals surface area contributed by atoms with E-state index in [4.69, 9.17) is 7.98 Å². The molecular formula is C16H8BBrN2O3. The summed E-state index contributed by atoms with van der Waals surface area (Å²) >= 11 is 3.48. The van der Waals surface area contributed by atoms with Crippen LogP contribution in [0, 0.1) is 0 Å². The number of carbonyl (C=O) groups is 1. The van der Waals surface area contributed by atoms with Gasteiger partial charge in [0.25, 0.3) is 0 Å². The quantitative estimate of drug-likeness (QED) is 0.615. The molecule has 1 aliphatic carbocycles. The molecule has 0 fully saturated rings. The summed E-state index contributed by atoms with van der Waals surface area (Å²) in [5.41, 5.74) is -0.0510. The van der Waals surface area contributed by atoms with Crippen molar-refractivity contribution in [3.05, 3.63) is 79.0 Å². The van der Waals surface area contributed by atoms with Gasteiger partial charge in [0.1, 0.15) is 6.04 Å². The lowest BCUT2D eigenvalue weighted by Crippen LogP contribution is -2.40. The van der Waals surface area contributed by atoms with Crippen LogP contribution in [0.2, 0.25) is 0 Å². The summed E-state index contributed by atoms with van der Waals surface area (Å²) in [5, 5.41) is 1.73. The Balaban J connectivity index is 2.08. The van der Waals surface area contributed by atoms with Crippen LogP contribution in [0.5, 0.6) is 0 Å². The summed E-state index contributed by atoms with van der Waals surface area (Å²) in [4.78, 5) is 36.6. The number of aromatic nitrogens is 2. The molecule has 1 unspecified atom stereocenters. The van der Waals surface area contributed by atoms with Crippen LogP contribution in [-0.4, -0.2) is 22.8 Å². The molecule has 0 saturated carbocycles. The average Bonchev–Trinajstić information content (AvgIpc) is 2.83. The number of halogens is 1. The van der Waals surface area contributed by atoms with Crippen LogP contribution in [-0.2, 0) is 0 Å². The highest BCUT2D eigenvalue weighted by atomic mass is 79.9. The molecule has 0 spiro atoms. The van der Waals surface area contributed by atoms with Crippen molar-refractivity contribution in [1.29, 1.82) is 0 Å². The van der Waals surface area contributed by atoms with Gasteiger partial charge in [0.05, 0.1) is 0 Å². The fraction of sp³-hybridized carbons (Fsp3) is 0.0625. The fourth-order valence-corrected chi connectivity index (χ4v) is 3.56. The van der Waals surface area contributed by atoms with Crippen molar-refractivity contribution in [3.8, 4) is 0 Å².